The number of aromatic nitrogens is 4. The number of imidazole rings is 1. The molecule has 0 unspecified atom stereocenters. The van der Waals surface area contributed by atoms with Gasteiger partial charge in [0.2, 0.25) is 0 Å². The number of primary amides is 1. The maximum absolute atomic E-state index is 12.1. The van der Waals surface area contributed by atoms with E-state index in [0.29, 0.717) is 17.0 Å². The van der Waals surface area contributed by atoms with E-state index in [-0.39, 0.29) is 0 Å². The van der Waals surface area contributed by atoms with Crippen LogP contribution in [0.2, 0.25) is 0 Å². The van der Waals surface area contributed by atoms with Crippen LogP contribution >= 0.6 is 0 Å². The summed E-state index contributed by atoms with van der Waals surface area (Å²) in [6.45, 7) is 0. The molecule has 0 spiro atoms. The average molecular weight is 327 g/mol. The summed E-state index contributed by atoms with van der Waals surface area (Å²) in [5, 5.41) is 0. The quantitative estimate of drug-likeness (QED) is 0.513. The van der Waals surface area contributed by atoms with E-state index in [4.69, 9.17) is 5.73 Å². The summed E-state index contributed by atoms with van der Waals surface area (Å²) >= 11 is 0. The molecule has 4 aromatic rings. The van der Waals surface area contributed by atoms with Crippen LogP contribution in [-0.4, -0.2) is 25.6 Å². The third-order valence-corrected chi connectivity index (χ3v) is 4.60. The summed E-state index contributed by atoms with van der Waals surface area (Å²) in [7, 11) is 0. The van der Waals surface area contributed by atoms with Crippen LogP contribution in [0.1, 0.15) is 11.1 Å². The van der Waals surface area contributed by atoms with E-state index in [2.05, 4.69) is 33.2 Å². The molecule has 6 heteroatoms. The van der Waals surface area contributed by atoms with Crippen molar-refractivity contribution < 1.29 is 4.79 Å². The lowest BCUT2D eigenvalue weighted by Gasteiger charge is -2.10. The number of hydrogen-bond donors (Lipinski definition) is 1. The SMILES string of the molecule is NC(=O)n1c(-c2cccc3c2-c2ccccc2C3)nc2cncnc21. The van der Waals surface area contributed by atoms with Crippen molar-refractivity contribution in [2.45, 2.75) is 6.42 Å². The zero-order valence-electron chi connectivity index (χ0n) is 13.2. The van der Waals surface area contributed by atoms with Gasteiger partial charge in [-0.3, -0.25) is 0 Å². The summed E-state index contributed by atoms with van der Waals surface area (Å²) in [6.07, 6.45) is 3.84. The maximum atomic E-state index is 12.1. The fourth-order valence-electron chi connectivity index (χ4n) is 3.60. The van der Waals surface area contributed by atoms with E-state index in [1.54, 1.807) is 6.20 Å². The van der Waals surface area contributed by atoms with E-state index >= 15 is 0 Å². The van der Waals surface area contributed by atoms with Gasteiger partial charge in [-0.1, -0.05) is 42.5 Å². The standard InChI is InChI=1S/C19H13N5O/c20-19(25)24-17(23-15-9-21-10-22-18(15)24)14-7-3-5-12-8-11-4-1-2-6-13(11)16(12)14/h1-7,9-10H,8H2,(H2,20,25). The molecular weight excluding hydrogens is 314 g/mol. The lowest BCUT2D eigenvalue weighted by atomic mass is 9.99. The lowest BCUT2D eigenvalue weighted by Crippen LogP contribution is -2.21. The molecule has 2 aromatic carbocycles. The van der Waals surface area contributed by atoms with Gasteiger partial charge in [-0.05, 0) is 28.7 Å². The summed E-state index contributed by atoms with van der Waals surface area (Å²) in [4.78, 5) is 24.9. The van der Waals surface area contributed by atoms with Crippen molar-refractivity contribution in [3.63, 3.8) is 0 Å². The second-order valence-electron chi connectivity index (χ2n) is 6.01. The summed E-state index contributed by atoms with van der Waals surface area (Å²) in [6, 6.07) is 13.7. The monoisotopic (exact) mass is 327 g/mol. The minimum Gasteiger partial charge on any atom is -0.351 e. The Hall–Kier alpha value is -3.54. The highest BCUT2D eigenvalue weighted by atomic mass is 16.2. The maximum Gasteiger partial charge on any atom is 0.326 e. The first-order valence-electron chi connectivity index (χ1n) is 7.93. The molecule has 1 aliphatic rings. The summed E-state index contributed by atoms with van der Waals surface area (Å²) in [5.74, 6) is 0.497. The second-order valence-corrected chi connectivity index (χ2v) is 6.01. The first-order valence-corrected chi connectivity index (χ1v) is 7.93. The molecule has 120 valence electrons. The minimum atomic E-state index is -0.611. The van der Waals surface area contributed by atoms with E-state index in [1.165, 1.54) is 27.6 Å². The van der Waals surface area contributed by atoms with Crippen molar-refractivity contribution >= 4 is 17.2 Å². The molecular formula is C19H13N5O. The highest BCUT2D eigenvalue weighted by molar-refractivity contribution is 5.96. The third kappa shape index (κ3) is 1.91. The highest BCUT2D eigenvalue weighted by Crippen LogP contribution is 2.42. The Balaban J connectivity index is 1.86. The molecule has 5 rings (SSSR count). The van der Waals surface area contributed by atoms with Crippen molar-refractivity contribution in [2.24, 2.45) is 5.73 Å². The van der Waals surface area contributed by atoms with Crippen LogP contribution in [0.15, 0.2) is 55.0 Å². The Bertz CT molecular complexity index is 1160. The van der Waals surface area contributed by atoms with E-state index in [1.807, 2.05) is 24.3 Å². The fourth-order valence-corrected chi connectivity index (χ4v) is 3.60. The third-order valence-electron chi connectivity index (χ3n) is 4.60. The first kappa shape index (κ1) is 13.9. The number of nitrogens with zero attached hydrogens (tertiary/aromatic N) is 4. The molecule has 2 heterocycles. The zero-order chi connectivity index (χ0) is 17.0. The second kappa shape index (κ2) is 4.98. The summed E-state index contributed by atoms with van der Waals surface area (Å²) < 4.78 is 1.35. The topological polar surface area (TPSA) is 86.7 Å². The molecule has 0 atom stereocenters. The molecule has 0 radical (unpaired) electrons. The molecule has 0 saturated carbocycles. The number of benzene rings is 2. The van der Waals surface area contributed by atoms with Crippen LogP contribution in [0, 0.1) is 0 Å². The van der Waals surface area contributed by atoms with Crippen molar-refractivity contribution in [3.05, 3.63) is 66.1 Å². The van der Waals surface area contributed by atoms with Crippen molar-refractivity contribution in [1.29, 1.82) is 0 Å². The zero-order valence-corrected chi connectivity index (χ0v) is 13.2. The van der Waals surface area contributed by atoms with Gasteiger partial charge in [-0.15, -0.1) is 0 Å². The van der Waals surface area contributed by atoms with Crippen molar-refractivity contribution in [1.82, 2.24) is 19.5 Å². The molecule has 1 aliphatic carbocycles. The van der Waals surface area contributed by atoms with E-state index in [0.717, 1.165) is 17.5 Å². The Labute approximate surface area is 143 Å². The van der Waals surface area contributed by atoms with Gasteiger partial charge in [-0.2, -0.15) is 0 Å². The Morgan fingerprint density at radius 1 is 1.04 bits per heavy atom. The number of carbonyl (C=O) groups is 1. The van der Waals surface area contributed by atoms with Crippen LogP contribution in [0.4, 0.5) is 4.79 Å². The largest absolute Gasteiger partial charge is 0.351 e. The molecule has 0 saturated heterocycles. The number of fused-ring (bicyclic) bond motifs is 4. The number of carbonyl (C=O) groups excluding carboxylic acids is 1. The fraction of sp³-hybridized carbons (Fsp3) is 0.0526. The van der Waals surface area contributed by atoms with Gasteiger partial charge in [-0.25, -0.2) is 24.3 Å². The van der Waals surface area contributed by atoms with Crippen LogP contribution < -0.4 is 5.73 Å². The number of amides is 1. The lowest BCUT2D eigenvalue weighted by molar-refractivity contribution is 0.251. The number of rotatable bonds is 1. The van der Waals surface area contributed by atoms with Gasteiger partial charge < -0.3 is 5.73 Å². The minimum absolute atomic E-state index is 0.418. The van der Waals surface area contributed by atoms with Crippen molar-refractivity contribution in [3.8, 4) is 22.5 Å². The van der Waals surface area contributed by atoms with Gasteiger partial charge in [0.25, 0.3) is 0 Å². The predicted octanol–water partition coefficient (Wildman–Crippen LogP) is 2.99. The molecule has 6 nitrogen and oxygen atoms in total. The Morgan fingerprint density at radius 2 is 1.84 bits per heavy atom. The Kier molecular flexibility index (Phi) is 2.76. The van der Waals surface area contributed by atoms with Gasteiger partial charge >= 0.3 is 6.03 Å². The van der Waals surface area contributed by atoms with Crippen molar-refractivity contribution in [2.75, 3.05) is 0 Å². The van der Waals surface area contributed by atoms with Crippen LogP contribution in [0.3, 0.4) is 0 Å². The molecule has 2 aromatic heterocycles. The Morgan fingerprint density at radius 3 is 2.72 bits per heavy atom. The molecule has 0 fully saturated rings. The van der Waals surface area contributed by atoms with Crippen LogP contribution in [0.25, 0.3) is 33.7 Å². The van der Waals surface area contributed by atoms with Crippen LogP contribution in [0.5, 0.6) is 0 Å². The number of nitrogens with two attached hydrogens (primary N) is 1. The molecule has 0 aliphatic heterocycles. The van der Waals surface area contributed by atoms with Gasteiger partial charge in [0.15, 0.2) is 11.5 Å². The van der Waals surface area contributed by atoms with E-state index in [9.17, 15) is 4.79 Å². The predicted molar refractivity (Wildman–Crippen MR) is 94.0 cm³/mol. The molecule has 2 N–H and O–H groups in total. The normalized spacial score (nSPS) is 12.2. The average Bonchev–Trinajstić information content (AvgIpc) is 3.19. The van der Waals surface area contributed by atoms with Gasteiger partial charge in [0.1, 0.15) is 11.8 Å². The van der Waals surface area contributed by atoms with Gasteiger partial charge in [0.05, 0.1) is 6.20 Å². The first-order chi connectivity index (χ1) is 12.2. The smallest absolute Gasteiger partial charge is 0.326 e. The highest BCUT2D eigenvalue weighted by Gasteiger charge is 2.25. The van der Waals surface area contributed by atoms with Gasteiger partial charge in [0, 0.05) is 5.56 Å². The molecule has 1 amide bonds. The number of hydrogen-bond acceptors (Lipinski definition) is 4. The van der Waals surface area contributed by atoms with Crippen LogP contribution in [-0.2, 0) is 6.42 Å². The molecule has 0 bridgehead atoms. The summed E-state index contributed by atoms with van der Waals surface area (Å²) in [5.41, 5.74) is 12.2. The van der Waals surface area contributed by atoms with E-state index < -0.39 is 6.03 Å². The molecule has 25 heavy (non-hydrogen) atoms.